The lowest BCUT2D eigenvalue weighted by Gasteiger charge is -2.10. The highest BCUT2D eigenvalue weighted by Crippen LogP contribution is 2.29. The summed E-state index contributed by atoms with van der Waals surface area (Å²) in [5.74, 6) is 1.12. The molecule has 2 heterocycles. The van der Waals surface area contributed by atoms with E-state index in [0.717, 1.165) is 17.7 Å². The van der Waals surface area contributed by atoms with E-state index < -0.39 is 17.6 Å². The minimum atomic E-state index is -4.50. The van der Waals surface area contributed by atoms with E-state index in [1.807, 2.05) is 19.1 Å². The normalized spacial score (nSPS) is 11.1. The van der Waals surface area contributed by atoms with Gasteiger partial charge in [-0.2, -0.15) is 13.2 Å². The summed E-state index contributed by atoms with van der Waals surface area (Å²) in [5.41, 5.74) is 0.137. The first-order valence-electron chi connectivity index (χ1n) is 9.02. The predicted octanol–water partition coefficient (Wildman–Crippen LogP) is 3.78. The first kappa shape index (κ1) is 21.0. The Labute approximate surface area is 170 Å². The van der Waals surface area contributed by atoms with Gasteiger partial charge >= 0.3 is 6.18 Å². The number of rotatable bonds is 7. The molecular weight excluding hydrogens is 397 g/mol. The Balaban J connectivity index is 1.50. The number of hydrogen-bond acceptors (Lipinski definition) is 6. The van der Waals surface area contributed by atoms with E-state index in [9.17, 15) is 18.0 Å². The molecule has 30 heavy (non-hydrogen) atoms. The van der Waals surface area contributed by atoms with Crippen LogP contribution in [-0.4, -0.2) is 33.9 Å². The van der Waals surface area contributed by atoms with E-state index in [0.29, 0.717) is 24.0 Å². The van der Waals surface area contributed by atoms with Gasteiger partial charge in [0.1, 0.15) is 23.8 Å². The van der Waals surface area contributed by atoms with Crippen LogP contribution in [0.3, 0.4) is 0 Å². The maximum atomic E-state index is 12.8. The molecular formula is C20H19F3N6O. The second-order valence-corrected chi connectivity index (χ2v) is 6.39. The van der Waals surface area contributed by atoms with Gasteiger partial charge in [-0.1, -0.05) is 6.07 Å². The minimum absolute atomic E-state index is 0.0519. The number of halogens is 3. The highest BCUT2D eigenvalue weighted by Gasteiger charge is 2.30. The number of nitrogens with one attached hydrogen (secondary N) is 3. The van der Waals surface area contributed by atoms with Crippen LogP contribution in [0.1, 0.15) is 21.5 Å². The first-order valence-corrected chi connectivity index (χ1v) is 9.02. The van der Waals surface area contributed by atoms with Crippen molar-refractivity contribution in [2.24, 2.45) is 0 Å². The van der Waals surface area contributed by atoms with E-state index in [1.54, 1.807) is 12.3 Å². The Morgan fingerprint density at radius 3 is 2.50 bits per heavy atom. The van der Waals surface area contributed by atoms with Crippen LogP contribution in [0.2, 0.25) is 0 Å². The van der Waals surface area contributed by atoms with Gasteiger partial charge in [0.25, 0.3) is 5.91 Å². The number of nitrogens with zero attached hydrogens (tertiary/aromatic N) is 3. The smallest absolute Gasteiger partial charge is 0.368 e. The van der Waals surface area contributed by atoms with Gasteiger partial charge in [0.2, 0.25) is 0 Å². The zero-order valence-electron chi connectivity index (χ0n) is 16.0. The first-order chi connectivity index (χ1) is 14.3. The quantitative estimate of drug-likeness (QED) is 0.508. The Hall–Kier alpha value is -3.69. The number of pyridine rings is 1. The molecule has 0 atom stereocenters. The zero-order chi connectivity index (χ0) is 21.6. The van der Waals surface area contributed by atoms with Crippen molar-refractivity contribution in [3.8, 4) is 0 Å². The Bertz CT molecular complexity index is 1030. The summed E-state index contributed by atoms with van der Waals surface area (Å²) in [7, 11) is 0. The van der Waals surface area contributed by atoms with E-state index in [4.69, 9.17) is 0 Å². The molecule has 0 aliphatic rings. The fraction of sp³-hybridized carbons (Fsp3) is 0.200. The number of carbonyl (C=O) groups is 1. The van der Waals surface area contributed by atoms with Crippen molar-refractivity contribution in [2.45, 2.75) is 13.1 Å². The van der Waals surface area contributed by atoms with Gasteiger partial charge in [0, 0.05) is 30.9 Å². The SMILES string of the molecule is Cc1ccnc(Nc2cc(NCCNC(=O)c3cccc(C(F)(F)F)c3)ncn2)c1. The van der Waals surface area contributed by atoms with Crippen LogP contribution in [0.4, 0.5) is 30.6 Å². The average Bonchev–Trinajstić information content (AvgIpc) is 2.71. The van der Waals surface area contributed by atoms with Crippen LogP contribution in [0.25, 0.3) is 0 Å². The van der Waals surface area contributed by atoms with Gasteiger partial charge in [-0.3, -0.25) is 4.79 Å². The Kier molecular flexibility index (Phi) is 6.45. The van der Waals surface area contributed by atoms with Crippen molar-refractivity contribution < 1.29 is 18.0 Å². The molecule has 0 aliphatic carbocycles. The molecule has 2 aromatic heterocycles. The third-order valence-corrected chi connectivity index (χ3v) is 4.01. The lowest BCUT2D eigenvalue weighted by Crippen LogP contribution is -2.29. The van der Waals surface area contributed by atoms with Crippen molar-refractivity contribution in [1.82, 2.24) is 20.3 Å². The number of hydrogen-bond donors (Lipinski definition) is 3. The summed E-state index contributed by atoms with van der Waals surface area (Å²) in [6.07, 6.45) is -1.43. The molecule has 7 nitrogen and oxygen atoms in total. The summed E-state index contributed by atoms with van der Waals surface area (Å²) in [5, 5.41) is 8.66. The highest BCUT2D eigenvalue weighted by atomic mass is 19.4. The van der Waals surface area contributed by atoms with Crippen molar-refractivity contribution in [1.29, 1.82) is 0 Å². The number of carbonyl (C=O) groups excluding carboxylic acids is 1. The Morgan fingerprint density at radius 2 is 1.73 bits per heavy atom. The van der Waals surface area contributed by atoms with Gasteiger partial charge in [-0.15, -0.1) is 0 Å². The van der Waals surface area contributed by atoms with Crippen molar-refractivity contribution >= 4 is 23.4 Å². The molecule has 3 rings (SSSR count). The van der Waals surface area contributed by atoms with Crippen molar-refractivity contribution in [2.75, 3.05) is 23.7 Å². The summed E-state index contributed by atoms with van der Waals surface area (Å²) in [6, 6.07) is 9.72. The van der Waals surface area contributed by atoms with Gasteiger partial charge in [-0.25, -0.2) is 15.0 Å². The summed E-state index contributed by atoms with van der Waals surface area (Å²) < 4.78 is 38.3. The fourth-order valence-corrected chi connectivity index (χ4v) is 2.56. The van der Waals surface area contributed by atoms with E-state index in [-0.39, 0.29) is 12.1 Å². The predicted molar refractivity (Wildman–Crippen MR) is 107 cm³/mol. The lowest BCUT2D eigenvalue weighted by atomic mass is 10.1. The second kappa shape index (κ2) is 9.21. The molecule has 10 heteroatoms. The molecule has 1 amide bonds. The maximum absolute atomic E-state index is 12.8. The van der Waals surface area contributed by atoms with Gasteiger partial charge in [-0.05, 0) is 42.8 Å². The van der Waals surface area contributed by atoms with Crippen LogP contribution in [0.15, 0.2) is 55.0 Å². The average molecular weight is 416 g/mol. The van der Waals surface area contributed by atoms with Gasteiger partial charge < -0.3 is 16.0 Å². The molecule has 1 aromatic carbocycles. The van der Waals surface area contributed by atoms with Crippen LogP contribution in [0.5, 0.6) is 0 Å². The summed E-state index contributed by atoms with van der Waals surface area (Å²) >= 11 is 0. The van der Waals surface area contributed by atoms with Crippen LogP contribution >= 0.6 is 0 Å². The maximum Gasteiger partial charge on any atom is 0.416 e. The molecule has 0 fully saturated rings. The number of benzene rings is 1. The largest absolute Gasteiger partial charge is 0.416 e. The fourth-order valence-electron chi connectivity index (χ4n) is 2.56. The number of aromatic nitrogens is 3. The molecule has 156 valence electrons. The lowest BCUT2D eigenvalue weighted by molar-refractivity contribution is -0.137. The molecule has 0 radical (unpaired) electrons. The van der Waals surface area contributed by atoms with Gasteiger partial charge in [0.05, 0.1) is 5.56 Å². The summed E-state index contributed by atoms with van der Waals surface area (Å²) in [6.45, 7) is 2.47. The third-order valence-electron chi connectivity index (χ3n) is 4.01. The topological polar surface area (TPSA) is 91.8 Å². The highest BCUT2D eigenvalue weighted by molar-refractivity contribution is 5.94. The van der Waals surface area contributed by atoms with E-state index >= 15 is 0 Å². The number of alkyl halides is 3. The molecule has 0 saturated heterocycles. The van der Waals surface area contributed by atoms with Crippen molar-refractivity contribution in [3.63, 3.8) is 0 Å². The van der Waals surface area contributed by atoms with Gasteiger partial charge in [0.15, 0.2) is 0 Å². The zero-order valence-corrected chi connectivity index (χ0v) is 16.0. The molecule has 0 spiro atoms. The summed E-state index contributed by atoms with van der Waals surface area (Å²) in [4.78, 5) is 24.5. The number of anilines is 3. The molecule has 3 N–H and O–H groups in total. The van der Waals surface area contributed by atoms with Crippen molar-refractivity contribution in [3.05, 3.63) is 71.7 Å². The minimum Gasteiger partial charge on any atom is -0.368 e. The van der Waals surface area contributed by atoms with Crippen LogP contribution < -0.4 is 16.0 Å². The van der Waals surface area contributed by atoms with E-state index in [1.165, 1.54) is 18.5 Å². The number of aryl methyl sites for hydroxylation is 1. The van der Waals surface area contributed by atoms with E-state index in [2.05, 4.69) is 30.9 Å². The monoisotopic (exact) mass is 416 g/mol. The Morgan fingerprint density at radius 1 is 0.967 bits per heavy atom. The third kappa shape index (κ3) is 5.90. The molecule has 0 unspecified atom stereocenters. The molecule has 0 saturated carbocycles. The molecule has 0 bridgehead atoms. The second-order valence-electron chi connectivity index (χ2n) is 6.39. The molecule has 3 aromatic rings. The molecule has 0 aliphatic heterocycles. The standard InChI is InChI=1S/C20H19F3N6O/c1-13-5-6-24-17(9-13)29-18-11-16(27-12-28-18)25-7-8-26-19(30)14-3-2-4-15(10-14)20(21,22)23/h2-6,9-12H,7-8H2,1H3,(H,26,30)(H2,24,25,27,28,29). The van der Waals surface area contributed by atoms with Crippen LogP contribution in [0, 0.1) is 6.92 Å². The van der Waals surface area contributed by atoms with Crippen LogP contribution in [-0.2, 0) is 6.18 Å². The number of amides is 1.